The Bertz CT molecular complexity index is 534. The molecule has 1 aliphatic heterocycles. The smallest absolute Gasteiger partial charge is 0.330 e. The van der Waals surface area contributed by atoms with E-state index in [0.717, 1.165) is 24.9 Å². The van der Waals surface area contributed by atoms with E-state index in [2.05, 4.69) is 9.64 Å². The highest BCUT2D eigenvalue weighted by molar-refractivity contribution is 6.30. The summed E-state index contributed by atoms with van der Waals surface area (Å²) in [5, 5.41) is 0.709. The number of benzene rings is 1. The van der Waals surface area contributed by atoms with Crippen molar-refractivity contribution in [3.8, 4) is 0 Å². The molecule has 21 heavy (non-hydrogen) atoms. The molecule has 1 heterocycles. The first-order chi connectivity index (χ1) is 10.1. The molecule has 0 atom stereocenters. The van der Waals surface area contributed by atoms with Gasteiger partial charge in [-0.1, -0.05) is 11.6 Å². The Morgan fingerprint density at radius 2 is 1.71 bits per heavy atom. The van der Waals surface area contributed by atoms with Crippen LogP contribution in [0.4, 0.5) is 5.69 Å². The summed E-state index contributed by atoms with van der Waals surface area (Å²) >= 11 is 5.87. The summed E-state index contributed by atoms with van der Waals surface area (Å²) in [5.41, 5.74) is 1.09. The topological polar surface area (TPSA) is 49.9 Å². The minimum atomic E-state index is -0.525. The number of nitrogens with zero attached hydrogens (tertiary/aromatic N) is 2. The number of carbonyl (C=O) groups is 2. The van der Waals surface area contributed by atoms with Gasteiger partial charge in [0.2, 0.25) is 5.91 Å². The molecule has 1 aromatic carbocycles. The van der Waals surface area contributed by atoms with E-state index in [1.54, 1.807) is 4.90 Å². The first-order valence-electron chi connectivity index (χ1n) is 6.65. The van der Waals surface area contributed by atoms with Crippen LogP contribution in [0.3, 0.4) is 0 Å². The summed E-state index contributed by atoms with van der Waals surface area (Å²) in [7, 11) is 1.28. The fourth-order valence-corrected chi connectivity index (χ4v) is 2.28. The van der Waals surface area contributed by atoms with Crippen molar-refractivity contribution >= 4 is 29.2 Å². The van der Waals surface area contributed by atoms with E-state index in [4.69, 9.17) is 11.6 Å². The van der Waals surface area contributed by atoms with Gasteiger partial charge in [0, 0.05) is 49.0 Å². The van der Waals surface area contributed by atoms with E-state index in [1.807, 2.05) is 24.3 Å². The summed E-state index contributed by atoms with van der Waals surface area (Å²) in [6.45, 7) is 2.73. The molecule has 0 N–H and O–H groups in total. The molecule has 0 radical (unpaired) electrons. The summed E-state index contributed by atoms with van der Waals surface area (Å²) in [6.07, 6.45) is 2.40. The van der Waals surface area contributed by atoms with E-state index in [0.29, 0.717) is 18.1 Å². The first-order valence-corrected chi connectivity index (χ1v) is 7.03. The second-order valence-electron chi connectivity index (χ2n) is 4.65. The van der Waals surface area contributed by atoms with E-state index in [-0.39, 0.29) is 5.91 Å². The third-order valence-corrected chi connectivity index (χ3v) is 3.60. The highest BCUT2D eigenvalue weighted by atomic mass is 35.5. The van der Waals surface area contributed by atoms with E-state index < -0.39 is 5.97 Å². The number of amides is 1. The van der Waals surface area contributed by atoms with Crippen molar-refractivity contribution in [2.75, 3.05) is 38.2 Å². The van der Waals surface area contributed by atoms with E-state index >= 15 is 0 Å². The normalized spacial score (nSPS) is 15.3. The van der Waals surface area contributed by atoms with Gasteiger partial charge in [-0.2, -0.15) is 0 Å². The van der Waals surface area contributed by atoms with Crippen LogP contribution in [0.2, 0.25) is 5.02 Å². The molecule has 2 rings (SSSR count). The number of rotatable bonds is 3. The Morgan fingerprint density at radius 3 is 2.29 bits per heavy atom. The van der Waals surface area contributed by atoms with Gasteiger partial charge in [0.1, 0.15) is 0 Å². The van der Waals surface area contributed by atoms with Gasteiger partial charge in [0.05, 0.1) is 7.11 Å². The molecule has 0 spiro atoms. The maximum atomic E-state index is 11.9. The predicted molar refractivity (Wildman–Crippen MR) is 81.4 cm³/mol. The van der Waals surface area contributed by atoms with Crippen LogP contribution < -0.4 is 4.90 Å². The second kappa shape index (κ2) is 7.13. The van der Waals surface area contributed by atoms with Gasteiger partial charge < -0.3 is 14.5 Å². The van der Waals surface area contributed by atoms with Crippen LogP contribution in [0.25, 0.3) is 0 Å². The molecule has 5 nitrogen and oxygen atoms in total. The Hall–Kier alpha value is -2.01. The zero-order valence-corrected chi connectivity index (χ0v) is 12.5. The lowest BCUT2D eigenvalue weighted by Crippen LogP contribution is -2.48. The van der Waals surface area contributed by atoms with Gasteiger partial charge in [-0.05, 0) is 24.3 Å². The lowest BCUT2D eigenvalue weighted by molar-refractivity contribution is -0.135. The molecule has 1 aliphatic rings. The molecule has 1 fully saturated rings. The molecule has 1 amide bonds. The molecule has 0 aliphatic carbocycles. The number of ether oxygens (including phenoxy) is 1. The lowest BCUT2D eigenvalue weighted by atomic mass is 10.2. The summed E-state index contributed by atoms with van der Waals surface area (Å²) in [5.74, 6) is -0.695. The number of anilines is 1. The number of hydrogen-bond acceptors (Lipinski definition) is 4. The van der Waals surface area contributed by atoms with Gasteiger partial charge in [-0.15, -0.1) is 0 Å². The molecule has 0 bridgehead atoms. The van der Waals surface area contributed by atoms with Crippen LogP contribution in [0, 0.1) is 0 Å². The highest BCUT2D eigenvalue weighted by Crippen LogP contribution is 2.19. The van der Waals surface area contributed by atoms with Gasteiger partial charge in [0.25, 0.3) is 0 Å². The number of hydrogen-bond donors (Lipinski definition) is 0. The van der Waals surface area contributed by atoms with Crippen LogP contribution in [-0.4, -0.2) is 50.1 Å². The molecule has 6 heteroatoms. The lowest BCUT2D eigenvalue weighted by Gasteiger charge is -2.35. The van der Waals surface area contributed by atoms with Crippen molar-refractivity contribution in [2.45, 2.75) is 0 Å². The van der Waals surface area contributed by atoms with Crippen molar-refractivity contribution in [2.24, 2.45) is 0 Å². The minimum Gasteiger partial charge on any atom is -0.466 e. The maximum Gasteiger partial charge on any atom is 0.330 e. The number of halogens is 1. The SMILES string of the molecule is COC(=O)/C=C\C(=O)N1CCN(c2ccc(Cl)cc2)CC1. The number of carbonyl (C=O) groups excluding carboxylic acids is 2. The van der Waals surface area contributed by atoms with Gasteiger partial charge in [-0.25, -0.2) is 4.79 Å². The summed E-state index contributed by atoms with van der Waals surface area (Å²) in [6, 6.07) is 7.65. The Balaban J connectivity index is 1.88. The average molecular weight is 309 g/mol. The van der Waals surface area contributed by atoms with Crippen LogP contribution >= 0.6 is 11.6 Å². The summed E-state index contributed by atoms with van der Waals surface area (Å²) in [4.78, 5) is 26.8. The van der Waals surface area contributed by atoms with Crippen LogP contribution in [0.15, 0.2) is 36.4 Å². The fraction of sp³-hybridized carbons (Fsp3) is 0.333. The van der Waals surface area contributed by atoms with Crippen molar-refractivity contribution < 1.29 is 14.3 Å². The van der Waals surface area contributed by atoms with Crippen LogP contribution in [0.5, 0.6) is 0 Å². The first kappa shape index (κ1) is 15.4. The zero-order valence-electron chi connectivity index (χ0n) is 11.8. The van der Waals surface area contributed by atoms with E-state index in [9.17, 15) is 9.59 Å². The van der Waals surface area contributed by atoms with Crippen molar-refractivity contribution in [3.63, 3.8) is 0 Å². The Kier molecular flexibility index (Phi) is 5.22. The average Bonchev–Trinajstić information content (AvgIpc) is 2.53. The maximum absolute atomic E-state index is 11.9. The molecule has 1 aromatic rings. The molecule has 112 valence electrons. The molecule has 0 saturated carbocycles. The van der Waals surface area contributed by atoms with Crippen molar-refractivity contribution in [3.05, 3.63) is 41.4 Å². The highest BCUT2D eigenvalue weighted by Gasteiger charge is 2.19. The zero-order chi connectivity index (χ0) is 15.2. The number of methoxy groups -OCH3 is 1. The number of piperazine rings is 1. The minimum absolute atomic E-state index is 0.170. The fourth-order valence-electron chi connectivity index (χ4n) is 2.15. The Morgan fingerprint density at radius 1 is 1.10 bits per heavy atom. The predicted octanol–water partition coefficient (Wildman–Crippen LogP) is 1.72. The van der Waals surface area contributed by atoms with Gasteiger partial charge in [-0.3, -0.25) is 4.79 Å². The third-order valence-electron chi connectivity index (χ3n) is 3.35. The summed E-state index contributed by atoms with van der Waals surface area (Å²) < 4.78 is 4.46. The van der Waals surface area contributed by atoms with Crippen LogP contribution in [-0.2, 0) is 14.3 Å². The van der Waals surface area contributed by atoms with Gasteiger partial charge in [0.15, 0.2) is 0 Å². The van der Waals surface area contributed by atoms with Crippen molar-refractivity contribution in [1.82, 2.24) is 4.90 Å². The molecular weight excluding hydrogens is 292 g/mol. The molecule has 0 unspecified atom stereocenters. The number of esters is 1. The Labute approximate surface area is 128 Å². The van der Waals surface area contributed by atoms with Crippen LogP contribution in [0.1, 0.15) is 0 Å². The molecular formula is C15H17ClN2O3. The molecule has 0 aromatic heterocycles. The monoisotopic (exact) mass is 308 g/mol. The molecule has 1 saturated heterocycles. The van der Waals surface area contributed by atoms with Gasteiger partial charge >= 0.3 is 5.97 Å². The quantitative estimate of drug-likeness (QED) is 0.630. The standard InChI is InChI=1S/C15H17ClN2O3/c1-21-15(20)7-6-14(19)18-10-8-17(9-11-18)13-4-2-12(16)3-5-13/h2-7H,8-11H2,1H3/b7-6-. The largest absolute Gasteiger partial charge is 0.466 e. The second-order valence-corrected chi connectivity index (χ2v) is 5.08. The third kappa shape index (κ3) is 4.23. The van der Waals surface area contributed by atoms with Crippen molar-refractivity contribution in [1.29, 1.82) is 0 Å². The van der Waals surface area contributed by atoms with E-state index in [1.165, 1.54) is 13.2 Å².